The average Bonchev–Trinajstić information content (AvgIpc) is 3.49. The van der Waals surface area contributed by atoms with Gasteiger partial charge < -0.3 is 9.64 Å². The summed E-state index contributed by atoms with van der Waals surface area (Å²) in [7, 11) is 0. The van der Waals surface area contributed by atoms with Gasteiger partial charge in [-0.3, -0.25) is 9.69 Å². The van der Waals surface area contributed by atoms with Crippen LogP contribution in [0, 0.1) is 6.92 Å². The summed E-state index contributed by atoms with van der Waals surface area (Å²) >= 11 is 1.33. The second-order valence-corrected chi connectivity index (χ2v) is 11.4. The topological polar surface area (TPSA) is 82.5 Å². The Kier molecular flexibility index (Phi) is 6.60. The van der Waals surface area contributed by atoms with Crippen molar-refractivity contribution in [2.75, 3.05) is 19.6 Å². The Morgan fingerprint density at radius 2 is 1.62 bits per heavy atom. The minimum atomic E-state index is -1.36. The van der Waals surface area contributed by atoms with E-state index in [-0.39, 0.29) is 23.9 Å². The van der Waals surface area contributed by atoms with E-state index in [1.54, 1.807) is 11.1 Å². The highest BCUT2D eigenvalue weighted by Crippen LogP contribution is 2.50. The van der Waals surface area contributed by atoms with E-state index in [4.69, 9.17) is 4.74 Å². The van der Waals surface area contributed by atoms with Gasteiger partial charge in [-0.1, -0.05) is 102 Å². The Hall–Kier alpha value is -4.11. The Morgan fingerprint density at radius 1 is 0.974 bits per heavy atom. The highest BCUT2D eigenvalue weighted by atomic mass is 32.2. The van der Waals surface area contributed by atoms with Crippen molar-refractivity contribution in [2.45, 2.75) is 29.7 Å². The molecule has 0 aliphatic carbocycles. The number of benzene rings is 3. The fraction of sp³-hybridized carbons (Fsp3) is 0.267. The van der Waals surface area contributed by atoms with E-state index >= 15 is 0 Å². The van der Waals surface area contributed by atoms with Gasteiger partial charge in [0.05, 0.1) is 31.1 Å². The molecular weight excluding hydrogens is 512 g/mol. The molecule has 0 saturated carbocycles. The van der Waals surface area contributed by atoms with Crippen LogP contribution in [0.1, 0.15) is 34.8 Å². The standard InChI is InChI=1S/C30H28N4O4S/c1-21-12-14-22(15-13-21)19-31-34-17-16-33(29(34)37)30(20-32-25(35)18-26(32)39-30)28(36)38-27(23-8-4-2-5-9-23)24-10-6-3-7-11-24/h2-15,19,26-27H,16-18,20H2,1H3/b31-19+. The van der Waals surface area contributed by atoms with Gasteiger partial charge in [0, 0.05) is 6.54 Å². The summed E-state index contributed by atoms with van der Waals surface area (Å²) in [6.45, 7) is 2.73. The Labute approximate surface area is 231 Å². The molecule has 0 bridgehead atoms. The number of hydrogen-bond acceptors (Lipinski definition) is 6. The number of amides is 3. The number of aryl methyl sites for hydroxylation is 1. The molecule has 3 fully saturated rings. The van der Waals surface area contributed by atoms with Crippen molar-refractivity contribution < 1.29 is 19.1 Å². The third kappa shape index (κ3) is 4.67. The van der Waals surface area contributed by atoms with Crippen LogP contribution < -0.4 is 0 Å². The summed E-state index contributed by atoms with van der Waals surface area (Å²) in [5, 5.41) is 5.63. The maximum absolute atomic E-state index is 14.2. The normalized spacial score (nSPS) is 22.5. The van der Waals surface area contributed by atoms with Gasteiger partial charge in [0.15, 0.2) is 6.10 Å². The number of ether oxygens (including phenoxy) is 1. The highest BCUT2D eigenvalue weighted by Gasteiger charge is 2.63. The van der Waals surface area contributed by atoms with E-state index in [0.717, 1.165) is 22.3 Å². The number of hydrazone groups is 1. The average molecular weight is 541 g/mol. The van der Waals surface area contributed by atoms with Crippen LogP contribution in [0.3, 0.4) is 0 Å². The van der Waals surface area contributed by atoms with E-state index in [0.29, 0.717) is 19.5 Å². The summed E-state index contributed by atoms with van der Waals surface area (Å²) in [6.07, 6.45) is 1.33. The molecule has 0 aromatic heterocycles. The van der Waals surface area contributed by atoms with Gasteiger partial charge in [0.25, 0.3) is 0 Å². The molecular formula is C30H28N4O4S. The Morgan fingerprint density at radius 3 is 2.21 bits per heavy atom. The zero-order valence-electron chi connectivity index (χ0n) is 21.5. The Bertz CT molecular complexity index is 1380. The van der Waals surface area contributed by atoms with Crippen LogP contribution in [-0.4, -0.2) is 68.8 Å². The number of urea groups is 1. The fourth-order valence-corrected chi connectivity index (χ4v) is 6.78. The summed E-state index contributed by atoms with van der Waals surface area (Å²) in [4.78, 5) is 42.0. The maximum Gasteiger partial charge on any atom is 0.345 e. The molecule has 3 aliphatic rings. The lowest BCUT2D eigenvalue weighted by Gasteiger charge is -2.35. The lowest BCUT2D eigenvalue weighted by molar-refractivity contribution is -0.156. The number of fused-ring (bicyclic) bond motifs is 1. The van der Waals surface area contributed by atoms with Crippen molar-refractivity contribution in [2.24, 2.45) is 5.10 Å². The minimum Gasteiger partial charge on any atom is -0.450 e. The first kappa shape index (κ1) is 25.2. The van der Waals surface area contributed by atoms with Crippen LogP contribution in [0.5, 0.6) is 0 Å². The minimum absolute atomic E-state index is 0.0225. The zero-order chi connectivity index (χ0) is 27.0. The third-order valence-corrected chi connectivity index (χ3v) is 8.93. The van der Waals surface area contributed by atoms with Crippen molar-refractivity contribution in [3.63, 3.8) is 0 Å². The van der Waals surface area contributed by atoms with E-state index < -0.39 is 16.9 Å². The molecule has 2 unspecified atom stereocenters. The SMILES string of the molecule is Cc1ccc(/C=N/N2CCN(C3(C(=O)OC(c4ccccc4)c4ccccc4)CN4C(=O)CC4S3)C2=O)cc1. The fourth-order valence-electron chi connectivity index (χ4n) is 5.13. The molecule has 39 heavy (non-hydrogen) atoms. The van der Waals surface area contributed by atoms with Crippen molar-refractivity contribution in [1.29, 1.82) is 0 Å². The summed E-state index contributed by atoms with van der Waals surface area (Å²) < 4.78 is 6.26. The van der Waals surface area contributed by atoms with Crippen LogP contribution in [0.4, 0.5) is 4.79 Å². The highest BCUT2D eigenvalue weighted by molar-refractivity contribution is 8.02. The molecule has 3 heterocycles. The van der Waals surface area contributed by atoms with Crippen LogP contribution in [0.25, 0.3) is 0 Å². The van der Waals surface area contributed by atoms with Crippen LogP contribution in [0.15, 0.2) is 90.0 Å². The lowest BCUT2D eigenvalue weighted by atomic mass is 10.0. The largest absolute Gasteiger partial charge is 0.450 e. The maximum atomic E-state index is 14.2. The van der Waals surface area contributed by atoms with Gasteiger partial charge >= 0.3 is 12.0 Å². The van der Waals surface area contributed by atoms with Gasteiger partial charge in [-0.2, -0.15) is 5.10 Å². The smallest absolute Gasteiger partial charge is 0.345 e. The van der Waals surface area contributed by atoms with Gasteiger partial charge in [-0.25, -0.2) is 14.6 Å². The summed E-state index contributed by atoms with van der Waals surface area (Å²) in [5.41, 5.74) is 3.66. The molecule has 3 aromatic rings. The van der Waals surface area contributed by atoms with Crippen LogP contribution in [0.2, 0.25) is 0 Å². The van der Waals surface area contributed by atoms with Crippen molar-refractivity contribution in [1.82, 2.24) is 14.8 Å². The number of rotatable bonds is 7. The molecule has 3 saturated heterocycles. The van der Waals surface area contributed by atoms with Crippen LogP contribution in [-0.2, 0) is 14.3 Å². The number of thioether (sulfide) groups is 1. The van der Waals surface area contributed by atoms with E-state index in [1.807, 2.05) is 91.9 Å². The molecule has 3 amide bonds. The molecule has 2 atom stereocenters. The molecule has 0 spiro atoms. The first-order chi connectivity index (χ1) is 18.9. The first-order valence-corrected chi connectivity index (χ1v) is 13.8. The molecule has 3 aromatic carbocycles. The molecule has 3 aliphatic heterocycles. The molecule has 0 N–H and O–H groups in total. The number of hydrogen-bond donors (Lipinski definition) is 0. The number of esters is 1. The predicted octanol–water partition coefficient (Wildman–Crippen LogP) is 4.40. The first-order valence-electron chi connectivity index (χ1n) is 12.9. The Balaban J connectivity index is 1.29. The second kappa shape index (κ2) is 10.2. The molecule has 198 valence electrons. The van der Waals surface area contributed by atoms with Crippen molar-refractivity contribution in [3.05, 3.63) is 107 Å². The third-order valence-electron chi connectivity index (χ3n) is 7.33. The van der Waals surface area contributed by atoms with E-state index in [2.05, 4.69) is 5.10 Å². The molecule has 9 heteroatoms. The van der Waals surface area contributed by atoms with Crippen molar-refractivity contribution >= 4 is 35.9 Å². The zero-order valence-corrected chi connectivity index (χ0v) is 22.3. The van der Waals surface area contributed by atoms with Crippen LogP contribution >= 0.6 is 11.8 Å². The molecule has 6 rings (SSSR count). The number of β-lactam (4-membered cyclic amide) rings is 1. The molecule has 0 radical (unpaired) electrons. The van der Waals surface area contributed by atoms with Gasteiger partial charge in [-0.05, 0) is 23.6 Å². The van der Waals surface area contributed by atoms with Gasteiger partial charge in [-0.15, -0.1) is 0 Å². The number of carbonyl (C=O) groups excluding carboxylic acids is 3. The van der Waals surface area contributed by atoms with Crippen molar-refractivity contribution in [3.8, 4) is 0 Å². The van der Waals surface area contributed by atoms with E-state index in [1.165, 1.54) is 21.7 Å². The molecule has 8 nitrogen and oxygen atoms in total. The second-order valence-electron chi connectivity index (χ2n) is 9.90. The number of nitrogens with zero attached hydrogens (tertiary/aromatic N) is 4. The predicted molar refractivity (Wildman–Crippen MR) is 149 cm³/mol. The monoisotopic (exact) mass is 540 g/mol. The summed E-state index contributed by atoms with van der Waals surface area (Å²) in [6, 6.07) is 26.5. The summed E-state index contributed by atoms with van der Waals surface area (Å²) in [5.74, 6) is -0.559. The van der Waals surface area contributed by atoms with E-state index in [9.17, 15) is 14.4 Å². The van der Waals surface area contributed by atoms with Gasteiger partial charge in [0.2, 0.25) is 10.8 Å². The number of carbonyl (C=O) groups is 3. The lowest BCUT2D eigenvalue weighted by Crippen LogP contribution is -2.57. The quantitative estimate of drug-likeness (QED) is 0.252. The van der Waals surface area contributed by atoms with Gasteiger partial charge in [0.1, 0.15) is 0 Å².